The predicted molar refractivity (Wildman–Crippen MR) is 153 cm³/mol. The van der Waals surface area contributed by atoms with Crippen molar-refractivity contribution in [2.24, 2.45) is 11.7 Å². The fraction of sp³-hybridized carbons (Fsp3) is 0.300. The third-order valence-electron chi connectivity index (χ3n) is 6.83. The number of benzene rings is 2. The molecule has 2 N–H and O–H groups in total. The first kappa shape index (κ1) is 26.8. The summed E-state index contributed by atoms with van der Waals surface area (Å²) in [6.07, 6.45) is 0. The highest BCUT2D eigenvalue weighted by molar-refractivity contribution is 7.10. The summed E-state index contributed by atoms with van der Waals surface area (Å²) in [6, 6.07) is 12.9. The lowest BCUT2D eigenvalue weighted by atomic mass is 9.99. The molecule has 3 heterocycles. The maximum atomic E-state index is 14.2. The monoisotopic (exact) mass is 546 g/mol. The van der Waals surface area contributed by atoms with E-state index in [1.807, 2.05) is 51.3 Å². The Labute approximate surface area is 229 Å². The fourth-order valence-corrected chi connectivity index (χ4v) is 5.85. The lowest BCUT2D eigenvalue weighted by Gasteiger charge is -2.35. The Balaban J connectivity index is 1.76. The molecule has 39 heavy (non-hydrogen) atoms. The number of halogens is 1. The number of hydrogen-bond acceptors (Lipinski definition) is 6. The van der Waals surface area contributed by atoms with Crippen molar-refractivity contribution in [3.05, 3.63) is 97.5 Å². The molecule has 0 fully saturated rings. The van der Waals surface area contributed by atoms with Crippen LogP contribution in [0, 0.1) is 25.6 Å². The summed E-state index contributed by atoms with van der Waals surface area (Å²) in [5.74, 6) is -0.363. The highest BCUT2D eigenvalue weighted by Crippen LogP contribution is 2.33. The zero-order chi connectivity index (χ0) is 27.8. The minimum Gasteiger partial charge on any atom is -0.448 e. The van der Waals surface area contributed by atoms with Crippen molar-refractivity contribution in [2.45, 2.75) is 40.3 Å². The van der Waals surface area contributed by atoms with E-state index in [4.69, 9.17) is 15.1 Å². The van der Waals surface area contributed by atoms with Gasteiger partial charge in [0, 0.05) is 28.9 Å². The van der Waals surface area contributed by atoms with Gasteiger partial charge in [-0.3, -0.25) is 14.2 Å². The largest absolute Gasteiger partial charge is 0.448 e. The van der Waals surface area contributed by atoms with Crippen LogP contribution >= 0.6 is 11.3 Å². The summed E-state index contributed by atoms with van der Waals surface area (Å²) in [5, 5.41) is 2.44. The molecule has 0 aliphatic rings. The molecule has 1 atom stereocenters. The number of rotatable bonds is 8. The molecule has 202 valence electrons. The van der Waals surface area contributed by atoms with Gasteiger partial charge >= 0.3 is 0 Å². The molecule has 0 spiro atoms. The zero-order valence-corrected chi connectivity index (χ0v) is 23.2. The highest BCUT2D eigenvalue weighted by Gasteiger charge is 2.33. The number of carbonyl (C=O) groups excluding carboxylic acids is 1. The molecule has 7 nitrogen and oxygen atoms in total. The summed E-state index contributed by atoms with van der Waals surface area (Å²) in [4.78, 5) is 35.5. The molecule has 9 heteroatoms. The fourth-order valence-electron chi connectivity index (χ4n) is 4.99. The Morgan fingerprint density at radius 1 is 1.13 bits per heavy atom. The van der Waals surface area contributed by atoms with Crippen LogP contribution in [0.15, 0.2) is 63.1 Å². The van der Waals surface area contributed by atoms with Gasteiger partial charge in [-0.1, -0.05) is 31.5 Å². The van der Waals surface area contributed by atoms with E-state index < -0.39 is 11.9 Å². The summed E-state index contributed by atoms with van der Waals surface area (Å²) < 4.78 is 21.7. The first-order valence-corrected chi connectivity index (χ1v) is 13.8. The maximum Gasteiger partial charge on any atom is 0.297 e. The summed E-state index contributed by atoms with van der Waals surface area (Å²) >= 11 is 1.55. The Bertz CT molecular complexity index is 1720. The molecule has 0 bridgehead atoms. The van der Waals surface area contributed by atoms with Crippen molar-refractivity contribution in [1.29, 1.82) is 0 Å². The van der Waals surface area contributed by atoms with Gasteiger partial charge in [0.25, 0.3) is 11.5 Å². The average Bonchev–Trinajstić information content (AvgIpc) is 3.48. The number of furan rings is 1. The second-order valence-corrected chi connectivity index (χ2v) is 11.2. The molecule has 5 aromatic rings. The third-order valence-corrected chi connectivity index (χ3v) is 7.87. The van der Waals surface area contributed by atoms with Gasteiger partial charge in [-0.2, -0.15) is 0 Å². The van der Waals surface area contributed by atoms with E-state index in [0.717, 1.165) is 16.0 Å². The van der Waals surface area contributed by atoms with Crippen LogP contribution < -0.4 is 11.3 Å². The number of hydrogen-bond donors (Lipinski definition) is 1. The molecule has 0 saturated carbocycles. The van der Waals surface area contributed by atoms with Crippen molar-refractivity contribution < 1.29 is 13.6 Å². The first-order chi connectivity index (χ1) is 18.7. The number of thiophene rings is 1. The second kappa shape index (κ2) is 10.7. The van der Waals surface area contributed by atoms with Crippen LogP contribution in [0.4, 0.5) is 4.39 Å². The van der Waals surface area contributed by atoms with Crippen molar-refractivity contribution in [2.75, 3.05) is 13.1 Å². The lowest BCUT2D eigenvalue weighted by molar-refractivity contribution is 0.0612. The Morgan fingerprint density at radius 2 is 1.87 bits per heavy atom. The molecule has 0 saturated heterocycles. The van der Waals surface area contributed by atoms with E-state index in [1.165, 1.54) is 18.2 Å². The maximum absolute atomic E-state index is 14.2. The second-order valence-electron chi connectivity index (χ2n) is 10.2. The van der Waals surface area contributed by atoms with Gasteiger partial charge < -0.3 is 15.1 Å². The quantitative estimate of drug-likeness (QED) is 0.265. The topological polar surface area (TPSA) is 94.4 Å². The van der Waals surface area contributed by atoms with Crippen molar-refractivity contribution in [1.82, 2.24) is 14.5 Å². The highest BCUT2D eigenvalue weighted by atomic mass is 32.1. The standard InChI is InChI=1S/C30H31FN4O3S/c1-17(2)26(34(12-11-32)29(36)20-7-5-18(3)6-8-20)28-33-25-23-14-21(31)9-10-24(23)38-27(25)30(37)35(28)15-22-13-19(4)16-39-22/h5-10,13-14,16-17,26H,11-12,15,32H2,1-4H3. The van der Waals surface area contributed by atoms with Gasteiger partial charge in [0.15, 0.2) is 0 Å². The Kier molecular flexibility index (Phi) is 7.38. The molecular formula is C30H31FN4O3S. The molecule has 0 aliphatic carbocycles. The number of fused-ring (bicyclic) bond motifs is 3. The van der Waals surface area contributed by atoms with E-state index in [0.29, 0.717) is 22.4 Å². The van der Waals surface area contributed by atoms with Gasteiger partial charge in [0.2, 0.25) is 5.58 Å². The van der Waals surface area contributed by atoms with Crippen molar-refractivity contribution in [3.63, 3.8) is 0 Å². The minimum atomic E-state index is -0.584. The van der Waals surface area contributed by atoms with Gasteiger partial charge in [-0.05, 0) is 67.1 Å². The number of aryl methyl sites for hydroxylation is 2. The third kappa shape index (κ3) is 5.12. The molecule has 0 radical (unpaired) electrons. The van der Waals surface area contributed by atoms with Gasteiger partial charge in [0.05, 0.1) is 12.6 Å². The lowest BCUT2D eigenvalue weighted by Crippen LogP contribution is -2.43. The molecule has 0 aliphatic heterocycles. The molecular weight excluding hydrogens is 515 g/mol. The number of nitrogens with two attached hydrogens (primary N) is 1. The minimum absolute atomic E-state index is 0.0605. The van der Waals surface area contributed by atoms with Crippen LogP contribution in [0.5, 0.6) is 0 Å². The van der Waals surface area contributed by atoms with Crippen LogP contribution in [0.3, 0.4) is 0 Å². The van der Waals surface area contributed by atoms with Gasteiger partial charge in [-0.25, -0.2) is 9.37 Å². The molecule has 1 unspecified atom stereocenters. The number of aromatic nitrogens is 2. The summed E-state index contributed by atoms with van der Waals surface area (Å²) in [5.41, 5.74) is 9.02. The van der Waals surface area contributed by atoms with Crippen LogP contribution in [-0.4, -0.2) is 33.4 Å². The van der Waals surface area contributed by atoms with Crippen LogP contribution in [-0.2, 0) is 6.54 Å². The van der Waals surface area contributed by atoms with Gasteiger partial charge in [0.1, 0.15) is 22.7 Å². The molecule has 5 rings (SSSR count). The molecule has 3 aromatic heterocycles. The van der Waals surface area contributed by atoms with Crippen molar-refractivity contribution in [3.8, 4) is 0 Å². The number of amides is 1. The Morgan fingerprint density at radius 3 is 2.51 bits per heavy atom. The van der Waals surface area contributed by atoms with Gasteiger partial charge in [-0.15, -0.1) is 11.3 Å². The van der Waals surface area contributed by atoms with E-state index >= 15 is 0 Å². The van der Waals surface area contributed by atoms with E-state index in [-0.39, 0.29) is 48.1 Å². The number of carbonyl (C=O) groups is 1. The van der Waals surface area contributed by atoms with E-state index in [1.54, 1.807) is 32.9 Å². The normalized spacial score (nSPS) is 12.5. The predicted octanol–water partition coefficient (Wildman–Crippen LogP) is 5.81. The zero-order valence-electron chi connectivity index (χ0n) is 22.4. The van der Waals surface area contributed by atoms with Crippen molar-refractivity contribution >= 4 is 39.3 Å². The molecule has 2 aromatic carbocycles. The Hall–Kier alpha value is -3.82. The van der Waals surface area contributed by atoms with E-state index in [2.05, 4.69) is 0 Å². The van der Waals surface area contributed by atoms with Crippen LogP contribution in [0.1, 0.15) is 52.1 Å². The van der Waals surface area contributed by atoms with Crippen LogP contribution in [0.2, 0.25) is 0 Å². The molecule has 1 amide bonds. The van der Waals surface area contributed by atoms with E-state index in [9.17, 15) is 14.0 Å². The average molecular weight is 547 g/mol. The van der Waals surface area contributed by atoms with Crippen LogP contribution in [0.25, 0.3) is 22.1 Å². The number of nitrogens with zero attached hydrogens (tertiary/aromatic N) is 3. The first-order valence-electron chi connectivity index (χ1n) is 12.9. The summed E-state index contributed by atoms with van der Waals surface area (Å²) in [6.45, 7) is 8.70. The summed E-state index contributed by atoms with van der Waals surface area (Å²) in [7, 11) is 0. The smallest absolute Gasteiger partial charge is 0.297 e. The SMILES string of the molecule is Cc1ccc(C(=O)N(CCN)C(c2nc3c(oc4ccc(F)cc43)c(=O)n2Cc2cc(C)cs2)C(C)C)cc1.